The number of halogens is 1. The summed E-state index contributed by atoms with van der Waals surface area (Å²) in [7, 11) is 0. The quantitative estimate of drug-likeness (QED) is 0.564. The van der Waals surface area contributed by atoms with Crippen molar-refractivity contribution >= 4 is 0 Å². The Hall–Kier alpha value is -0.330. The normalized spacial score (nSPS) is 22.6. The first-order valence-corrected chi connectivity index (χ1v) is 6.10. The van der Waals surface area contributed by atoms with Gasteiger partial charge in [0.05, 0.1) is 0 Å². The van der Waals surface area contributed by atoms with Crippen LogP contribution in [0.15, 0.2) is 11.6 Å². The van der Waals surface area contributed by atoms with Crippen molar-refractivity contribution in [2.24, 2.45) is 5.92 Å². The highest BCUT2D eigenvalue weighted by molar-refractivity contribution is 5.11. The molecule has 0 bridgehead atoms. The van der Waals surface area contributed by atoms with Gasteiger partial charge in [0, 0.05) is 0 Å². The van der Waals surface area contributed by atoms with E-state index in [1.165, 1.54) is 31.3 Å². The smallest absolute Gasteiger partial charge is 0.104 e. The zero-order valence-electron chi connectivity index (χ0n) is 9.56. The highest BCUT2D eigenvalue weighted by Gasteiger charge is 2.20. The fourth-order valence-electron chi connectivity index (χ4n) is 2.44. The highest BCUT2D eigenvalue weighted by atomic mass is 19.1. The molecule has 0 aromatic carbocycles. The molecule has 0 aromatic rings. The van der Waals surface area contributed by atoms with Crippen LogP contribution in [0.4, 0.5) is 4.39 Å². The fourth-order valence-corrected chi connectivity index (χ4v) is 2.44. The Morgan fingerprint density at radius 2 is 2.00 bits per heavy atom. The Labute approximate surface area is 87.6 Å². The second-order valence-corrected chi connectivity index (χ2v) is 4.43. The molecule has 0 amide bonds. The van der Waals surface area contributed by atoms with Crippen molar-refractivity contribution in [2.45, 2.75) is 65.0 Å². The van der Waals surface area contributed by atoms with E-state index in [0.29, 0.717) is 12.3 Å². The van der Waals surface area contributed by atoms with Gasteiger partial charge in [0.1, 0.15) is 6.17 Å². The molecule has 0 aliphatic heterocycles. The van der Waals surface area contributed by atoms with Crippen molar-refractivity contribution in [1.29, 1.82) is 0 Å². The Balaban J connectivity index is 2.52. The van der Waals surface area contributed by atoms with Crippen molar-refractivity contribution in [1.82, 2.24) is 0 Å². The Bertz CT molecular complexity index is 178. The second kappa shape index (κ2) is 6.21. The monoisotopic (exact) mass is 198 g/mol. The molecular weight excluding hydrogens is 175 g/mol. The van der Waals surface area contributed by atoms with Gasteiger partial charge in [-0.05, 0) is 38.0 Å². The van der Waals surface area contributed by atoms with E-state index in [0.717, 1.165) is 12.8 Å². The van der Waals surface area contributed by atoms with Gasteiger partial charge in [-0.15, -0.1) is 0 Å². The molecule has 1 atom stereocenters. The van der Waals surface area contributed by atoms with Crippen LogP contribution >= 0.6 is 0 Å². The lowest BCUT2D eigenvalue weighted by atomic mass is 9.83. The predicted molar refractivity (Wildman–Crippen MR) is 60.1 cm³/mol. The largest absolute Gasteiger partial charge is 0.247 e. The molecule has 1 rings (SSSR count). The molecule has 0 fully saturated rings. The lowest BCUT2D eigenvalue weighted by Gasteiger charge is -2.24. The Kier molecular flexibility index (Phi) is 5.21. The van der Waals surface area contributed by atoms with Crippen molar-refractivity contribution < 1.29 is 4.39 Å². The van der Waals surface area contributed by atoms with Gasteiger partial charge in [-0.25, -0.2) is 4.39 Å². The van der Waals surface area contributed by atoms with E-state index in [1.807, 2.05) is 0 Å². The van der Waals surface area contributed by atoms with Gasteiger partial charge in [0.2, 0.25) is 0 Å². The van der Waals surface area contributed by atoms with Crippen LogP contribution in [-0.4, -0.2) is 6.17 Å². The first-order valence-electron chi connectivity index (χ1n) is 6.10. The standard InChI is InChI=1S/C13H23F/c1-3-6-11(7-4-2)12-8-5-9-13(14)10-12/h8,11,13H,3-7,9-10H2,1-2H3. The van der Waals surface area contributed by atoms with E-state index in [1.54, 1.807) is 0 Å². The van der Waals surface area contributed by atoms with E-state index in [4.69, 9.17) is 0 Å². The maximum absolute atomic E-state index is 13.2. The molecule has 1 heteroatoms. The summed E-state index contributed by atoms with van der Waals surface area (Å²) in [5, 5.41) is 0. The van der Waals surface area contributed by atoms with Gasteiger partial charge < -0.3 is 0 Å². The van der Waals surface area contributed by atoms with Gasteiger partial charge in [-0.1, -0.05) is 38.3 Å². The molecular formula is C13H23F. The zero-order valence-corrected chi connectivity index (χ0v) is 9.56. The molecule has 0 saturated heterocycles. The van der Waals surface area contributed by atoms with Crippen LogP contribution in [0.3, 0.4) is 0 Å². The summed E-state index contributed by atoms with van der Waals surface area (Å²) >= 11 is 0. The third-order valence-corrected chi connectivity index (χ3v) is 3.14. The molecule has 0 nitrogen and oxygen atoms in total. The van der Waals surface area contributed by atoms with Crippen LogP contribution in [0.2, 0.25) is 0 Å². The van der Waals surface area contributed by atoms with E-state index in [9.17, 15) is 4.39 Å². The van der Waals surface area contributed by atoms with Crippen molar-refractivity contribution in [2.75, 3.05) is 0 Å². The van der Waals surface area contributed by atoms with Gasteiger partial charge >= 0.3 is 0 Å². The van der Waals surface area contributed by atoms with Crippen LogP contribution < -0.4 is 0 Å². The summed E-state index contributed by atoms with van der Waals surface area (Å²) < 4.78 is 13.2. The van der Waals surface area contributed by atoms with Crippen LogP contribution in [0.1, 0.15) is 58.8 Å². The maximum atomic E-state index is 13.2. The van der Waals surface area contributed by atoms with Gasteiger partial charge in [-0.2, -0.15) is 0 Å². The summed E-state index contributed by atoms with van der Waals surface area (Å²) in [5.74, 6) is 0.670. The van der Waals surface area contributed by atoms with Crippen LogP contribution in [-0.2, 0) is 0 Å². The number of hydrogen-bond donors (Lipinski definition) is 0. The van der Waals surface area contributed by atoms with E-state index in [-0.39, 0.29) is 0 Å². The van der Waals surface area contributed by atoms with E-state index in [2.05, 4.69) is 19.9 Å². The summed E-state index contributed by atoms with van der Waals surface area (Å²) in [6.07, 6.45) is 9.08. The van der Waals surface area contributed by atoms with E-state index >= 15 is 0 Å². The van der Waals surface area contributed by atoms with Gasteiger partial charge in [-0.3, -0.25) is 0 Å². The van der Waals surface area contributed by atoms with Crippen LogP contribution in [0.5, 0.6) is 0 Å². The third-order valence-electron chi connectivity index (χ3n) is 3.14. The minimum Gasteiger partial charge on any atom is -0.247 e. The van der Waals surface area contributed by atoms with E-state index < -0.39 is 6.17 Å². The first-order chi connectivity index (χ1) is 6.77. The minimum absolute atomic E-state index is 0.564. The summed E-state index contributed by atoms with van der Waals surface area (Å²) in [6, 6.07) is 0. The molecule has 1 aliphatic carbocycles. The number of alkyl halides is 1. The number of rotatable bonds is 5. The zero-order chi connectivity index (χ0) is 10.4. The van der Waals surface area contributed by atoms with Crippen LogP contribution in [0, 0.1) is 5.92 Å². The molecule has 14 heavy (non-hydrogen) atoms. The minimum atomic E-state index is -0.564. The van der Waals surface area contributed by atoms with Gasteiger partial charge in [0.25, 0.3) is 0 Å². The lowest BCUT2D eigenvalue weighted by molar-refractivity contribution is 0.289. The second-order valence-electron chi connectivity index (χ2n) is 4.43. The molecule has 1 aliphatic rings. The maximum Gasteiger partial charge on any atom is 0.104 e. The van der Waals surface area contributed by atoms with Crippen molar-refractivity contribution in [3.05, 3.63) is 11.6 Å². The summed E-state index contributed by atoms with van der Waals surface area (Å²) in [6.45, 7) is 4.44. The fraction of sp³-hybridized carbons (Fsp3) is 0.846. The first kappa shape index (κ1) is 11.7. The Morgan fingerprint density at radius 3 is 2.50 bits per heavy atom. The topological polar surface area (TPSA) is 0 Å². The van der Waals surface area contributed by atoms with Gasteiger partial charge in [0.15, 0.2) is 0 Å². The summed E-state index contributed by atoms with van der Waals surface area (Å²) in [4.78, 5) is 0. The SMILES string of the molecule is CCCC(CCC)C1=CCCC(F)C1. The molecule has 0 heterocycles. The molecule has 0 saturated carbocycles. The van der Waals surface area contributed by atoms with Crippen molar-refractivity contribution in [3.63, 3.8) is 0 Å². The average molecular weight is 198 g/mol. The molecule has 0 spiro atoms. The lowest BCUT2D eigenvalue weighted by Crippen LogP contribution is -2.13. The molecule has 0 radical (unpaired) electrons. The number of hydrogen-bond acceptors (Lipinski definition) is 0. The highest BCUT2D eigenvalue weighted by Crippen LogP contribution is 2.31. The summed E-state index contributed by atoms with van der Waals surface area (Å²) in [5.41, 5.74) is 1.41. The van der Waals surface area contributed by atoms with Crippen molar-refractivity contribution in [3.8, 4) is 0 Å². The molecule has 1 unspecified atom stereocenters. The molecule has 0 N–H and O–H groups in total. The molecule has 0 aromatic heterocycles. The third kappa shape index (κ3) is 3.43. The Morgan fingerprint density at radius 1 is 1.36 bits per heavy atom. The molecule has 82 valence electrons. The average Bonchev–Trinajstić information content (AvgIpc) is 2.17. The van der Waals surface area contributed by atoms with Crippen LogP contribution in [0.25, 0.3) is 0 Å². The number of allylic oxidation sites excluding steroid dienone is 2. The predicted octanol–water partition coefficient (Wildman–Crippen LogP) is 4.65.